The number of nitro groups is 1. The van der Waals surface area contributed by atoms with Crippen LogP contribution in [0.3, 0.4) is 0 Å². The number of ether oxygens (including phenoxy) is 2. The number of hydrogen-bond donors (Lipinski definition) is 2. The van der Waals surface area contributed by atoms with Crippen molar-refractivity contribution in [3.63, 3.8) is 0 Å². The number of anilines is 2. The molecule has 0 saturated carbocycles. The Morgan fingerprint density at radius 3 is 2.30 bits per heavy atom. The number of non-ortho nitro benzene ring substituents is 1. The Labute approximate surface area is 132 Å². The standard InChI is InChI=1S/C15H15N3O5/c1-22-12-7-8-13(14(9-12)23-2)17-15(19)16-10-3-5-11(6-4-10)18(20)21/h3-9H,1-2H3,(H2,16,17,19). The van der Waals surface area contributed by atoms with Gasteiger partial charge in [0, 0.05) is 23.9 Å². The van der Waals surface area contributed by atoms with Crippen molar-refractivity contribution in [3.05, 3.63) is 52.6 Å². The number of methoxy groups -OCH3 is 2. The third-order valence-corrected chi connectivity index (χ3v) is 2.99. The highest BCUT2D eigenvalue weighted by Crippen LogP contribution is 2.29. The molecule has 23 heavy (non-hydrogen) atoms. The van der Waals surface area contributed by atoms with E-state index in [0.29, 0.717) is 22.9 Å². The van der Waals surface area contributed by atoms with Crippen molar-refractivity contribution in [2.75, 3.05) is 24.9 Å². The first-order valence-electron chi connectivity index (χ1n) is 6.58. The summed E-state index contributed by atoms with van der Waals surface area (Å²) in [6, 6.07) is 9.99. The molecule has 0 radical (unpaired) electrons. The number of carbonyl (C=O) groups excluding carboxylic acids is 1. The third-order valence-electron chi connectivity index (χ3n) is 2.99. The Morgan fingerprint density at radius 2 is 1.74 bits per heavy atom. The van der Waals surface area contributed by atoms with E-state index in [1.807, 2.05) is 0 Å². The second-order valence-corrected chi connectivity index (χ2v) is 4.45. The van der Waals surface area contributed by atoms with Gasteiger partial charge < -0.3 is 20.1 Å². The topological polar surface area (TPSA) is 103 Å². The first-order chi connectivity index (χ1) is 11.0. The van der Waals surface area contributed by atoms with Crippen molar-refractivity contribution in [3.8, 4) is 11.5 Å². The van der Waals surface area contributed by atoms with Crippen LogP contribution in [-0.4, -0.2) is 25.2 Å². The quantitative estimate of drug-likeness (QED) is 0.651. The highest BCUT2D eigenvalue weighted by Gasteiger charge is 2.10. The van der Waals surface area contributed by atoms with E-state index in [4.69, 9.17) is 9.47 Å². The molecule has 0 spiro atoms. The Morgan fingerprint density at radius 1 is 1.04 bits per heavy atom. The van der Waals surface area contributed by atoms with Gasteiger partial charge in [-0.1, -0.05) is 0 Å². The van der Waals surface area contributed by atoms with Crippen LogP contribution in [0.4, 0.5) is 21.9 Å². The summed E-state index contributed by atoms with van der Waals surface area (Å²) in [5.74, 6) is 1.05. The van der Waals surface area contributed by atoms with Crippen LogP contribution < -0.4 is 20.1 Å². The molecule has 2 amide bonds. The van der Waals surface area contributed by atoms with E-state index < -0.39 is 11.0 Å². The fourth-order valence-electron chi connectivity index (χ4n) is 1.85. The van der Waals surface area contributed by atoms with E-state index in [1.54, 1.807) is 18.2 Å². The van der Waals surface area contributed by atoms with E-state index in [0.717, 1.165) is 0 Å². The van der Waals surface area contributed by atoms with Crippen LogP contribution in [0.5, 0.6) is 11.5 Å². The number of urea groups is 1. The van der Waals surface area contributed by atoms with Crippen molar-refractivity contribution >= 4 is 23.1 Å². The van der Waals surface area contributed by atoms with Gasteiger partial charge in [-0.2, -0.15) is 0 Å². The molecule has 8 nitrogen and oxygen atoms in total. The molecule has 0 unspecified atom stereocenters. The van der Waals surface area contributed by atoms with Crippen molar-refractivity contribution in [2.24, 2.45) is 0 Å². The van der Waals surface area contributed by atoms with Crippen LogP contribution in [0.25, 0.3) is 0 Å². The van der Waals surface area contributed by atoms with Gasteiger partial charge >= 0.3 is 6.03 Å². The third kappa shape index (κ3) is 4.10. The number of amides is 2. The second-order valence-electron chi connectivity index (χ2n) is 4.45. The zero-order valence-corrected chi connectivity index (χ0v) is 12.5. The van der Waals surface area contributed by atoms with Crippen LogP contribution in [0.15, 0.2) is 42.5 Å². The largest absolute Gasteiger partial charge is 0.497 e. The fourth-order valence-corrected chi connectivity index (χ4v) is 1.85. The van der Waals surface area contributed by atoms with Gasteiger partial charge in [-0.3, -0.25) is 10.1 Å². The number of hydrogen-bond acceptors (Lipinski definition) is 5. The smallest absolute Gasteiger partial charge is 0.323 e. The molecule has 0 bridgehead atoms. The lowest BCUT2D eigenvalue weighted by molar-refractivity contribution is -0.384. The highest BCUT2D eigenvalue weighted by atomic mass is 16.6. The Hall–Kier alpha value is -3.29. The van der Waals surface area contributed by atoms with Gasteiger partial charge in [0.05, 0.1) is 24.8 Å². The number of rotatable bonds is 5. The Bertz CT molecular complexity index is 716. The first kappa shape index (κ1) is 16.1. The van der Waals surface area contributed by atoms with Crippen LogP contribution >= 0.6 is 0 Å². The predicted molar refractivity (Wildman–Crippen MR) is 85.3 cm³/mol. The van der Waals surface area contributed by atoms with Crippen molar-refractivity contribution < 1.29 is 19.2 Å². The van der Waals surface area contributed by atoms with Crippen LogP contribution in [-0.2, 0) is 0 Å². The Balaban J connectivity index is 2.06. The Kier molecular flexibility index (Phi) is 4.98. The molecule has 0 aliphatic rings. The predicted octanol–water partition coefficient (Wildman–Crippen LogP) is 3.26. The molecule has 0 atom stereocenters. The molecule has 2 N–H and O–H groups in total. The van der Waals surface area contributed by atoms with Gasteiger partial charge in [-0.15, -0.1) is 0 Å². The number of nitro benzene ring substituents is 1. The molecule has 0 aromatic heterocycles. The maximum Gasteiger partial charge on any atom is 0.323 e. The SMILES string of the molecule is COc1ccc(NC(=O)Nc2ccc([N+](=O)[O-])cc2)c(OC)c1. The van der Waals surface area contributed by atoms with Crippen molar-refractivity contribution in [2.45, 2.75) is 0 Å². The minimum Gasteiger partial charge on any atom is -0.497 e. The van der Waals surface area contributed by atoms with Gasteiger partial charge in [-0.25, -0.2) is 4.79 Å². The number of benzene rings is 2. The minimum atomic E-state index is -0.508. The number of nitrogens with one attached hydrogen (secondary N) is 2. The van der Waals surface area contributed by atoms with E-state index >= 15 is 0 Å². The van der Waals surface area contributed by atoms with Crippen LogP contribution in [0.2, 0.25) is 0 Å². The van der Waals surface area contributed by atoms with Crippen LogP contribution in [0.1, 0.15) is 0 Å². The first-order valence-corrected chi connectivity index (χ1v) is 6.58. The summed E-state index contributed by atoms with van der Waals surface area (Å²) in [6.45, 7) is 0. The summed E-state index contributed by atoms with van der Waals surface area (Å²) in [5.41, 5.74) is 0.848. The maximum absolute atomic E-state index is 12.0. The second kappa shape index (κ2) is 7.12. The lowest BCUT2D eigenvalue weighted by atomic mass is 10.2. The molecule has 2 rings (SSSR count). The van der Waals surface area contributed by atoms with Gasteiger partial charge in [0.2, 0.25) is 0 Å². The van der Waals surface area contributed by atoms with E-state index in [9.17, 15) is 14.9 Å². The zero-order valence-electron chi connectivity index (χ0n) is 12.5. The molecular weight excluding hydrogens is 302 g/mol. The molecule has 8 heteroatoms. The van der Waals surface area contributed by atoms with Gasteiger partial charge in [-0.05, 0) is 24.3 Å². The molecule has 2 aromatic carbocycles. The van der Waals surface area contributed by atoms with E-state index in [2.05, 4.69) is 10.6 Å². The molecule has 0 saturated heterocycles. The fraction of sp³-hybridized carbons (Fsp3) is 0.133. The molecule has 0 fully saturated rings. The highest BCUT2D eigenvalue weighted by molar-refractivity contribution is 6.00. The average Bonchev–Trinajstić information content (AvgIpc) is 2.55. The molecule has 2 aromatic rings. The summed E-state index contributed by atoms with van der Waals surface area (Å²) >= 11 is 0. The monoisotopic (exact) mass is 317 g/mol. The van der Waals surface area contributed by atoms with Crippen molar-refractivity contribution in [1.82, 2.24) is 0 Å². The minimum absolute atomic E-state index is 0.0484. The van der Waals surface area contributed by atoms with Gasteiger partial charge in [0.15, 0.2) is 0 Å². The number of carbonyl (C=O) groups is 1. The summed E-state index contributed by atoms with van der Waals surface area (Å²) in [7, 11) is 3.01. The molecule has 120 valence electrons. The lowest BCUT2D eigenvalue weighted by Gasteiger charge is -2.12. The summed E-state index contributed by atoms with van der Waals surface area (Å²) in [6.07, 6.45) is 0. The molecule has 0 aliphatic heterocycles. The molecule has 0 heterocycles. The summed E-state index contributed by atoms with van der Waals surface area (Å²) in [4.78, 5) is 22.1. The molecule has 0 aliphatic carbocycles. The van der Waals surface area contributed by atoms with E-state index in [1.165, 1.54) is 38.5 Å². The lowest BCUT2D eigenvalue weighted by Crippen LogP contribution is -2.19. The number of nitrogens with zero attached hydrogens (tertiary/aromatic N) is 1. The van der Waals surface area contributed by atoms with E-state index in [-0.39, 0.29) is 5.69 Å². The van der Waals surface area contributed by atoms with Gasteiger partial charge in [0.1, 0.15) is 11.5 Å². The summed E-state index contributed by atoms with van der Waals surface area (Å²) in [5, 5.41) is 15.8. The average molecular weight is 317 g/mol. The van der Waals surface area contributed by atoms with Crippen molar-refractivity contribution in [1.29, 1.82) is 0 Å². The zero-order chi connectivity index (χ0) is 16.8. The van der Waals surface area contributed by atoms with Crippen LogP contribution in [0, 0.1) is 10.1 Å². The molecular formula is C15H15N3O5. The van der Waals surface area contributed by atoms with Gasteiger partial charge in [0.25, 0.3) is 5.69 Å². The maximum atomic E-state index is 12.0. The normalized spacial score (nSPS) is 9.83. The summed E-state index contributed by atoms with van der Waals surface area (Å²) < 4.78 is 10.3.